The molecule has 44 heavy (non-hydrogen) atoms. The molecular formula is C41H29N3. The fourth-order valence-corrected chi connectivity index (χ4v) is 6.43. The van der Waals surface area contributed by atoms with Crippen LogP contribution in [-0.2, 0) is 0 Å². The van der Waals surface area contributed by atoms with Crippen molar-refractivity contribution in [3.63, 3.8) is 0 Å². The quantitative estimate of drug-likeness (QED) is 0.209. The Morgan fingerprint density at radius 3 is 1.98 bits per heavy atom. The maximum absolute atomic E-state index is 5.28. The number of benzene rings is 6. The zero-order valence-corrected chi connectivity index (χ0v) is 24.4. The van der Waals surface area contributed by atoms with E-state index < -0.39 is 0 Å². The Labute approximate surface area is 256 Å². The van der Waals surface area contributed by atoms with Gasteiger partial charge in [-0.05, 0) is 53.9 Å². The van der Waals surface area contributed by atoms with Crippen LogP contribution in [0.1, 0.15) is 16.8 Å². The van der Waals surface area contributed by atoms with Crippen LogP contribution in [-0.4, -0.2) is 14.5 Å². The van der Waals surface area contributed by atoms with Crippen molar-refractivity contribution in [1.29, 1.82) is 0 Å². The average molecular weight is 564 g/mol. The minimum Gasteiger partial charge on any atom is -0.309 e. The van der Waals surface area contributed by atoms with Crippen LogP contribution in [0.4, 0.5) is 0 Å². The third-order valence-corrected chi connectivity index (χ3v) is 8.49. The molecule has 208 valence electrons. The second-order valence-electron chi connectivity index (χ2n) is 11.1. The SMILES string of the molecule is C=C(c1nc2ccccc2nc1-c1ccccc1)c1c(-c2ccccc2C)ccc2c3ccccc3n(-c3ccccc3)c12. The van der Waals surface area contributed by atoms with E-state index in [1.165, 1.54) is 21.9 Å². The van der Waals surface area contributed by atoms with Crippen LogP contribution in [0, 0.1) is 6.92 Å². The minimum atomic E-state index is 0.780. The van der Waals surface area contributed by atoms with E-state index >= 15 is 0 Å². The van der Waals surface area contributed by atoms with Crippen molar-refractivity contribution < 1.29 is 0 Å². The Balaban J connectivity index is 1.54. The highest BCUT2D eigenvalue weighted by Crippen LogP contribution is 2.44. The normalized spacial score (nSPS) is 11.4. The molecule has 2 aromatic heterocycles. The van der Waals surface area contributed by atoms with Gasteiger partial charge in [-0.1, -0.05) is 122 Å². The number of aromatic nitrogens is 3. The fraction of sp³-hybridized carbons (Fsp3) is 0.0244. The van der Waals surface area contributed by atoms with Gasteiger partial charge < -0.3 is 4.57 Å². The maximum Gasteiger partial charge on any atom is 0.0974 e. The molecule has 8 aromatic rings. The molecule has 0 N–H and O–H groups in total. The van der Waals surface area contributed by atoms with Crippen molar-refractivity contribution in [1.82, 2.24) is 14.5 Å². The predicted molar refractivity (Wildman–Crippen MR) is 184 cm³/mol. The van der Waals surface area contributed by atoms with Crippen LogP contribution in [0.5, 0.6) is 0 Å². The van der Waals surface area contributed by atoms with Gasteiger partial charge >= 0.3 is 0 Å². The minimum absolute atomic E-state index is 0.780. The lowest BCUT2D eigenvalue weighted by atomic mass is 9.88. The molecule has 0 aliphatic carbocycles. The van der Waals surface area contributed by atoms with Crippen LogP contribution in [0.2, 0.25) is 0 Å². The topological polar surface area (TPSA) is 30.7 Å². The van der Waals surface area contributed by atoms with Crippen LogP contribution in [0.15, 0.2) is 152 Å². The molecule has 0 aliphatic heterocycles. The molecule has 3 heteroatoms. The monoisotopic (exact) mass is 563 g/mol. The third-order valence-electron chi connectivity index (χ3n) is 8.49. The number of hydrogen-bond acceptors (Lipinski definition) is 2. The van der Waals surface area contributed by atoms with E-state index in [-0.39, 0.29) is 0 Å². The van der Waals surface area contributed by atoms with E-state index in [1.54, 1.807) is 0 Å². The highest BCUT2D eigenvalue weighted by molar-refractivity contribution is 6.15. The zero-order chi connectivity index (χ0) is 29.6. The molecule has 0 unspecified atom stereocenters. The first-order valence-corrected chi connectivity index (χ1v) is 14.9. The third kappa shape index (κ3) is 4.13. The molecule has 3 nitrogen and oxygen atoms in total. The van der Waals surface area contributed by atoms with Crippen molar-refractivity contribution in [2.75, 3.05) is 0 Å². The first-order valence-electron chi connectivity index (χ1n) is 14.9. The molecule has 0 saturated heterocycles. The summed E-state index contributed by atoms with van der Waals surface area (Å²) < 4.78 is 2.38. The Morgan fingerprint density at radius 1 is 0.568 bits per heavy atom. The van der Waals surface area contributed by atoms with Crippen molar-refractivity contribution in [2.24, 2.45) is 0 Å². The summed E-state index contributed by atoms with van der Waals surface area (Å²) in [5.74, 6) is 0. The molecular weight excluding hydrogens is 534 g/mol. The summed E-state index contributed by atoms with van der Waals surface area (Å²) in [6.45, 7) is 7.01. The van der Waals surface area contributed by atoms with E-state index in [1.807, 2.05) is 42.5 Å². The molecule has 0 fully saturated rings. The van der Waals surface area contributed by atoms with Gasteiger partial charge in [0, 0.05) is 33.2 Å². The Kier molecular flexibility index (Phi) is 6.16. The zero-order valence-electron chi connectivity index (χ0n) is 24.4. The van der Waals surface area contributed by atoms with E-state index in [4.69, 9.17) is 16.5 Å². The molecule has 0 bridgehead atoms. The highest BCUT2D eigenvalue weighted by Gasteiger charge is 2.24. The van der Waals surface area contributed by atoms with Crippen molar-refractivity contribution >= 4 is 38.4 Å². The molecule has 0 atom stereocenters. The highest BCUT2D eigenvalue weighted by atomic mass is 15.0. The number of para-hydroxylation sites is 4. The van der Waals surface area contributed by atoms with Gasteiger partial charge in [0.2, 0.25) is 0 Å². The lowest BCUT2D eigenvalue weighted by Gasteiger charge is -2.20. The van der Waals surface area contributed by atoms with Gasteiger partial charge in [-0.15, -0.1) is 0 Å². The number of aryl methyl sites for hydroxylation is 1. The summed E-state index contributed by atoms with van der Waals surface area (Å²) in [5, 5.41) is 2.37. The lowest BCUT2D eigenvalue weighted by Crippen LogP contribution is -2.04. The van der Waals surface area contributed by atoms with Gasteiger partial charge in [0.1, 0.15) is 0 Å². The average Bonchev–Trinajstić information content (AvgIpc) is 3.42. The molecule has 0 amide bonds. The van der Waals surface area contributed by atoms with Gasteiger partial charge in [0.15, 0.2) is 0 Å². The van der Waals surface area contributed by atoms with E-state index in [0.717, 1.165) is 61.4 Å². The second-order valence-corrected chi connectivity index (χ2v) is 11.1. The van der Waals surface area contributed by atoms with E-state index in [0.29, 0.717) is 0 Å². The Hall–Kier alpha value is -5.80. The summed E-state index contributed by atoms with van der Waals surface area (Å²) in [6.07, 6.45) is 0. The second kappa shape index (κ2) is 10.5. The maximum atomic E-state index is 5.28. The van der Waals surface area contributed by atoms with E-state index in [2.05, 4.69) is 115 Å². The molecule has 0 aliphatic rings. The number of nitrogens with zero attached hydrogens (tertiary/aromatic N) is 3. The van der Waals surface area contributed by atoms with Crippen LogP contribution >= 0.6 is 0 Å². The molecule has 6 aromatic carbocycles. The largest absolute Gasteiger partial charge is 0.309 e. The molecule has 0 radical (unpaired) electrons. The van der Waals surface area contributed by atoms with Gasteiger partial charge in [0.25, 0.3) is 0 Å². The Bertz CT molecular complexity index is 2350. The number of hydrogen-bond donors (Lipinski definition) is 0. The van der Waals surface area contributed by atoms with Gasteiger partial charge in [-0.3, -0.25) is 0 Å². The van der Waals surface area contributed by atoms with Crippen molar-refractivity contribution in [2.45, 2.75) is 6.92 Å². The first-order chi connectivity index (χ1) is 21.7. The molecule has 8 rings (SSSR count). The smallest absolute Gasteiger partial charge is 0.0974 e. The predicted octanol–water partition coefficient (Wildman–Crippen LogP) is 10.4. The molecule has 0 spiro atoms. The first kappa shape index (κ1) is 25.9. The summed E-state index contributed by atoms with van der Waals surface area (Å²) in [6, 6.07) is 50.7. The number of fused-ring (bicyclic) bond motifs is 4. The van der Waals surface area contributed by atoms with Crippen molar-refractivity contribution in [3.05, 3.63) is 169 Å². The summed E-state index contributed by atoms with van der Waals surface area (Å²) in [7, 11) is 0. The van der Waals surface area contributed by atoms with Gasteiger partial charge in [-0.25, -0.2) is 9.97 Å². The van der Waals surface area contributed by atoms with Crippen LogP contribution in [0.25, 0.3) is 66.5 Å². The number of rotatable bonds is 5. The van der Waals surface area contributed by atoms with E-state index in [9.17, 15) is 0 Å². The molecule has 2 heterocycles. The standard InChI is InChI=1S/C41H29N3/c1-27-15-9-10-20-31(27)33-25-26-34-32-21-11-14-24-37(32)44(30-18-7-4-8-19-30)41(34)38(33)28(2)39-40(29-16-5-3-6-17-29)43-36-23-13-12-22-35(36)42-39/h3-26H,2H2,1H3. The summed E-state index contributed by atoms with van der Waals surface area (Å²) in [5.41, 5.74) is 13.1. The summed E-state index contributed by atoms with van der Waals surface area (Å²) in [4.78, 5) is 10.5. The molecule has 0 saturated carbocycles. The van der Waals surface area contributed by atoms with Gasteiger partial charge in [0.05, 0.1) is 33.5 Å². The lowest BCUT2D eigenvalue weighted by molar-refractivity contribution is 1.17. The fourth-order valence-electron chi connectivity index (χ4n) is 6.43. The van der Waals surface area contributed by atoms with Crippen molar-refractivity contribution in [3.8, 4) is 28.1 Å². The summed E-state index contributed by atoms with van der Waals surface area (Å²) >= 11 is 0. The van der Waals surface area contributed by atoms with Gasteiger partial charge in [-0.2, -0.15) is 0 Å². The van der Waals surface area contributed by atoms with Crippen LogP contribution in [0.3, 0.4) is 0 Å². The Morgan fingerprint density at radius 2 is 1.20 bits per heavy atom. The van der Waals surface area contributed by atoms with Crippen LogP contribution < -0.4 is 0 Å².